The van der Waals surface area contributed by atoms with Crippen LogP contribution in [0, 0.1) is 0 Å². The standard InChI is InChI=1S/C17H32O4/c1-3-20-16(18)14-12-10-8-6-5-7-9-11-13-15-17(19)21-4-2/h3-15H2,1-2H3. The van der Waals surface area contributed by atoms with Crippen molar-refractivity contribution in [2.45, 2.75) is 84.5 Å². The fourth-order valence-electron chi connectivity index (χ4n) is 2.24. The monoisotopic (exact) mass is 300 g/mol. The van der Waals surface area contributed by atoms with Gasteiger partial charge in [0.1, 0.15) is 0 Å². The van der Waals surface area contributed by atoms with Gasteiger partial charge in [0.05, 0.1) is 13.2 Å². The second-order valence-electron chi connectivity index (χ2n) is 5.29. The van der Waals surface area contributed by atoms with Gasteiger partial charge < -0.3 is 9.47 Å². The minimum atomic E-state index is -0.0703. The molecule has 0 saturated carbocycles. The van der Waals surface area contributed by atoms with Crippen molar-refractivity contribution in [3.8, 4) is 0 Å². The summed E-state index contributed by atoms with van der Waals surface area (Å²) in [6.07, 6.45) is 11.3. The van der Waals surface area contributed by atoms with E-state index < -0.39 is 0 Å². The summed E-state index contributed by atoms with van der Waals surface area (Å²) >= 11 is 0. The van der Waals surface area contributed by atoms with Crippen LogP contribution < -0.4 is 0 Å². The largest absolute Gasteiger partial charge is 0.466 e. The van der Waals surface area contributed by atoms with Crippen LogP contribution in [0.2, 0.25) is 0 Å². The van der Waals surface area contributed by atoms with Crippen LogP contribution in [0.25, 0.3) is 0 Å². The van der Waals surface area contributed by atoms with E-state index in [2.05, 4.69) is 0 Å². The molecule has 0 aromatic carbocycles. The third-order valence-corrected chi connectivity index (χ3v) is 3.37. The van der Waals surface area contributed by atoms with E-state index in [-0.39, 0.29) is 11.9 Å². The molecule has 124 valence electrons. The molecule has 0 spiro atoms. The van der Waals surface area contributed by atoms with Crippen LogP contribution in [0.5, 0.6) is 0 Å². The molecule has 0 saturated heterocycles. The fraction of sp³-hybridized carbons (Fsp3) is 0.882. The molecule has 0 aromatic rings. The number of rotatable bonds is 14. The molecule has 0 heterocycles. The number of hydrogen-bond donors (Lipinski definition) is 0. The average Bonchev–Trinajstić information content (AvgIpc) is 2.45. The van der Waals surface area contributed by atoms with Gasteiger partial charge in [-0.1, -0.05) is 44.9 Å². The Morgan fingerprint density at radius 1 is 0.571 bits per heavy atom. The molecule has 0 amide bonds. The van der Waals surface area contributed by atoms with Gasteiger partial charge >= 0.3 is 11.9 Å². The van der Waals surface area contributed by atoms with E-state index in [1.54, 1.807) is 0 Å². The Morgan fingerprint density at radius 2 is 0.857 bits per heavy atom. The first-order chi connectivity index (χ1) is 10.2. The zero-order chi connectivity index (χ0) is 15.8. The Morgan fingerprint density at radius 3 is 1.14 bits per heavy atom. The quantitative estimate of drug-likeness (QED) is 0.352. The van der Waals surface area contributed by atoms with Crippen LogP contribution in [0.15, 0.2) is 0 Å². The number of hydrogen-bond acceptors (Lipinski definition) is 4. The zero-order valence-corrected chi connectivity index (χ0v) is 13.8. The highest BCUT2D eigenvalue weighted by molar-refractivity contribution is 5.69. The molecule has 0 aliphatic carbocycles. The van der Waals surface area contributed by atoms with Gasteiger partial charge in [-0.3, -0.25) is 9.59 Å². The zero-order valence-electron chi connectivity index (χ0n) is 13.8. The minimum Gasteiger partial charge on any atom is -0.466 e. The highest BCUT2D eigenvalue weighted by atomic mass is 16.5. The summed E-state index contributed by atoms with van der Waals surface area (Å²) in [6.45, 7) is 4.64. The maximum Gasteiger partial charge on any atom is 0.305 e. The topological polar surface area (TPSA) is 52.6 Å². The lowest BCUT2D eigenvalue weighted by Crippen LogP contribution is -2.03. The smallest absolute Gasteiger partial charge is 0.305 e. The average molecular weight is 300 g/mol. The predicted molar refractivity (Wildman–Crippen MR) is 84.1 cm³/mol. The van der Waals surface area contributed by atoms with Crippen molar-refractivity contribution in [2.24, 2.45) is 0 Å². The molecule has 4 heteroatoms. The summed E-state index contributed by atoms with van der Waals surface area (Å²) < 4.78 is 9.77. The maximum atomic E-state index is 11.1. The SMILES string of the molecule is CCOC(=O)CCCCCCCCCCCC(=O)OCC. The predicted octanol–water partition coefficient (Wildman–Crippen LogP) is 4.40. The third kappa shape index (κ3) is 15.2. The van der Waals surface area contributed by atoms with Crippen LogP contribution >= 0.6 is 0 Å². The Kier molecular flexibility index (Phi) is 14.6. The van der Waals surface area contributed by atoms with Crippen molar-refractivity contribution < 1.29 is 19.1 Å². The first-order valence-electron chi connectivity index (χ1n) is 8.52. The Balaban J connectivity index is 3.12. The maximum absolute atomic E-state index is 11.1. The Labute approximate surface area is 129 Å². The van der Waals surface area contributed by atoms with Crippen molar-refractivity contribution >= 4 is 11.9 Å². The molecule has 0 bridgehead atoms. The van der Waals surface area contributed by atoms with Crippen molar-refractivity contribution in [3.63, 3.8) is 0 Å². The van der Waals surface area contributed by atoms with Crippen LogP contribution in [0.3, 0.4) is 0 Å². The summed E-state index contributed by atoms with van der Waals surface area (Å²) in [5, 5.41) is 0. The number of unbranched alkanes of at least 4 members (excludes halogenated alkanes) is 8. The third-order valence-electron chi connectivity index (χ3n) is 3.37. The molecule has 0 fully saturated rings. The van der Waals surface area contributed by atoms with Gasteiger partial charge in [0, 0.05) is 12.8 Å². The molecule has 0 radical (unpaired) electrons. The van der Waals surface area contributed by atoms with E-state index in [1.165, 1.54) is 32.1 Å². The van der Waals surface area contributed by atoms with Gasteiger partial charge in [-0.25, -0.2) is 0 Å². The highest BCUT2D eigenvalue weighted by Gasteiger charge is 2.01. The first-order valence-corrected chi connectivity index (χ1v) is 8.52. The van der Waals surface area contributed by atoms with Crippen molar-refractivity contribution in [2.75, 3.05) is 13.2 Å². The van der Waals surface area contributed by atoms with Crippen molar-refractivity contribution in [3.05, 3.63) is 0 Å². The number of esters is 2. The van der Waals surface area contributed by atoms with E-state index in [9.17, 15) is 9.59 Å². The summed E-state index contributed by atoms with van der Waals surface area (Å²) in [5.74, 6) is -0.141. The molecule has 0 N–H and O–H groups in total. The molecule has 4 nitrogen and oxygen atoms in total. The van der Waals surface area contributed by atoms with E-state index in [0.717, 1.165) is 25.7 Å². The Hall–Kier alpha value is -1.06. The summed E-state index contributed by atoms with van der Waals surface area (Å²) in [7, 11) is 0. The lowest BCUT2D eigenvalue weighted by atomic mass is 10.1. The minimum absolute atomic E-state index is 0.0703. The normalized spacial score (nSPS) is 10.4. The first kappa shape index (κ1) is 19.9. The van der Waals surface area contributed by atoms with Gasteiger partial charge in [0.2, 0.25) is 0 Å². The fourth-order valence-corrected chi connectivity index (χ4v) is 2.24. The van der Waals surface area contributed by atoms with Crippen molar-refractivity contribution in [1.82, 2.24) is 0 Å². The molecule has 0 aliphatic rings. The van der Waals surface area contributed by atoms with E-state index in [1.807, 2.05) is 13.8 Å². The Bertz CT molecular complexity index is 238. The molecule has 0 atom stereocenters. The molecule has 21 heavy (non-hydrogen) atoms. The molecule has 0 rings (SSSR count). The van der Waals surface area contributed by atoms with Gasteiger partial charge in [0.25, 0.3) is 0 Å². The van der Waals surface area contributed by atoms with Crippen LogP contribution in [-0.4, -0.2) is 25.2 Å². The van der Waals surface area contributed by atoms with Crippen LogP contribution in [0.1, 0.15) is 84.5 Å². The lowest BCUT2D eigenvalue weighted by Gasteiger charge is -2.03. The summed E-state index contributed by atoms with van der Waals surface area (Å²) in [4.78, 5) is 22.2. The second kappa shape index (κ2) is 15.3. The molecule has 0 unspecified atom stereocenters. The number of carbonyl (C=O) groups is 2. The summed E-state index contributed by atoms with van der Waals surface area (Å²) in [5.41, 5.74) is 0. The van der Waals surface area contributed by atoms with Gasteiger partial charge in [-0.2, -0.15) is 0 Å². The molecular weight excluding hydrogens is 268 g/mol. The van der Waals surface area contributed by atoms with E-state index in [0.29, 0.717) is 26.1 Å². The molecular formula is C17H32O4. The number of carbonyl (C=O) groups excluding carboxylic acids is 2. The van der Waals surface area contributed by atoms with Crippen LogP contribution in [0.4, 0.5) is 0 Å². The van der Waals surface area contributed by atoms with Gasteiger partial charge in [-0.05, 0) is 26.7 Å². The highest BCUT2D eigenvalue weighted by Crippen LogP contribution is 2.11. The number of ether oxygens (including phenoxy) is 2. The van der Waals surface area contributed by atoms with E-state index in [4.69, 9.17) is 9.47 Å². The molecule has 0 aliphatic heterocycles. The molecule has 0 aromatic heterocycles. The second-order valence-corrected chi connectivity index (χ2v) is 5.29. The van der Waals surface area contributed by atoms with E-state index >= 15 is 0 Å². The van der Waals surface area contributed by atoms with Crippen LogP contribution in [-0.2, 0) is 19.1 Å². The van der Waals surface area contributed by atoms with Gasteiger partial charge in [0.15, 0.2) is 0 Å². The summed E-state index contributed by atoms with van der Waals surface area (Å²) in [6, 6.07) is 0. The lowest BCUT2D eigenvalue weighted by molar-refractivity contribution is -0.144. The van der Waals surface area contributed by atoms with Crippen molar-refractivity contribution in [1.29, 1.82) is 0 Å². The van der Waals surface area contributed by atoms with Gasteiger partial charge in [-0.15, -0.1) is 0 Å².